The molecule has 1 heterocycles. The first-order valence-corrected chi connectivity index (χ1v) is 10.4. The third-order valence-corrected chi connectivity index (χ3v) is 5.77. The molecule has 2 aromatic rings. The normalized spacial score (nSPS) is 11.5. The topological polar surface area (TPSA) is 94.6 Å². The largest absolute Gasteiger partial charge is 0.466 e. The van der Waals surface area contributed by atoms with Crippen LogP contribution in [0, 0.1) is 0 Å². The summed E-state index contributed by atoms with van der Waals surface area (Å²) in [5, 5.41) is 4.33. The van der Waals surface area contributed by atoms with E-state index in [2.05, 4.69) is 15.0 Å². The lowest BCUT2D eigenvalue weighted by Crippen LogP contribution is -2.30. The number of nitrogens with zero attached hydrogens (tertiary/aromatic N) is 1. The summed E-state index contributed by atoms with van der Waals surface area (Å²) >= 11 is 2.74. The first-order chi connectivity index (χ1) is 13.4. The number of hydrogen-bond donors (Lipinski definition) is 1. The molecule has 150 valence electrons. The van der Waals surface area contributed by atoms with E-state index in [1.807, 2.05) is 0 Å². The van der Waals surface area contributed by atoms with E-state index in [-0.39, 0.29) is 23.5 Å². The maximum Gasteiger partial charge on any atom is 0.337 e. The van der Waals surface area contributed by atoms with E-state index in [4.69, 9.17) is 4.74 Å². The van der Waals surface area contributed by atoms with E-state index < -0.39 is 5.97 Å². The summed E-state index contributed by atoms with van der Waals surface area (Å²) in [5.41, 5.74) is 1.98. The molecule has 1 N–H and O–H groups in total. The molecule has 1 unspecified atom stereocenters. The Morgan fingerprint density at radius 3 is 2.61 bits per heavy atom. The number of thioether (sulfide) groups is 1. The maximum absolute atomic E-state index is 12.3. The van der Waals surface area contributed by atoms with Gasteiger partial charge < -0.3 is 14.8 Å². The van der Waals surface area contributed by atoms with Gasteiger partial charge in [-0.3, -0.25) is 9.59 Å². The third kappa shape index (κ3) is 6.65. The average Bonchev–Trinajstić information content (AvgIpc) is 3.12. The average molecular weight is 423 g/mol. The van der Waals surface area contributed by atoms with Crippen molar-refractivity contribution in [2.24, 2.45) is 0 Å². The highest BCUT2D eigenvalue weighted by Crippen LogP contribution is 2.27. The summed E-state index contributed by atoms with van der Waals surface area (Å²) in [4.78, 5) is 39.6. The highest BCUT2D eigenvalue weighted by atomic mass is 32.2. The fraction of sp³-hybridized carbons (Fsp3) is 0.368. The van der Waals surface area contributed by atoms with Crippen LogP contribution in [0.5, 0.6) is 0 Å². The van der Waals surface area contributed by atoms with Crippen molar-refractivity contribution in [3.8, 4) is 0 Å². The highest BCUT2D eigenvalue weighted by Gasteiger charge is 2.17. The molecule has 1 aromatic carbocycles. The standard InChI is InChI=1S/C19H22N2O5S2/c1-4-26-16(22)9-15-11-27-19(21-15)28-12(2)17(23)20-10-13-5-7-14(8-6-13)18(24)25-3/h5-8,11-12H,4,9-10H2,1-3H3,(H,20,23). The Morgan fingerprint density at radius 2 is 1.96 bits per heavy atom. The molecule has 0 fully saturated rings. The van der Waals surface area contributed by atoms with Gasteiger partial charge in [-0.15, -0.1) is 11.3 Å². The highest BCUT2D eigenvalue weighted by molar-refractivity contribution is 8.02. The third-order valence-electron chi connectivity index (χ3n) is 3.65. The molecule has 1 aromatic heterocycles. The zero-order valence-corrected chi connectivity index (χ0v) is 17.5. The zero-order valence-electron chi connectivity index (χ0n) is 15.9. The summed E-state index contributed by atoms with van der Waals surface area (Å²) < 4.78 is 10.3. The predicted molar refractivity (Wildman–Crippen MR) is 107 cm³/mol. The van der Waals surface area contributed by atoms with E-state index in [0.717, 1.165) is 9.90 Å². The van der Waals surface area contributed by atoms with Gasteiger partial charge in [0.2, 0.25) is 5.91 Å². The van der Waals surface area contributed by atoms with Gasteiger partial charge in [0.25, 0.3) is 0 Å². The molecule has 1 amide bonds. The lowest BCUT2D eigenvalue weighted by molar-refractivity contribution is -0.142. The second-order valence-electron chi connectivity index (χ2n) is 5.75. The van der Waals surface area contributed by atoms with Crippen LogP contribution < -0.4 is 5.32 Å². The molecule has 2 rings (SSSR count). The summed E-state index contributed by atoms with van der Waals surface area (Å²) in [7, 11) is 1.33. The van der Waals surface area contributed by atoms with Crippen molar-refractivity contribution in [2.75, 3.05) is 13.7 Å². The Hall–Kier alpha value is -2.39. The lowest BCUT2D eigenvalue weighted by Gasteiger charge is -2.11. The Labute approximate surface area is 171 Å². The molecule has 7 nitrogen and oxygen atoms in total. The van der Waals surface area contributed by atoms with Crippen LogP contribution in [-0.4, -0.2) is 41.8 Å². The molecule has 0 saturated carbocycles. The van der Waals surface area contributed by atoms with Gasteiger partial charge in [0.05, 0.1) is 36.6 Å². The second-order valence-corrected chi connectivity index (χ2v) is 8.20. The number of aromatic nitrogens is 1. The summed E-state index contributed by atoms with van der Waals surface area (Å²) in [6.07, 6.45) is 0.132. The molecule has 1 atom stereocenters. The van der Waals surface area contributed by atoms with Crippen LogP contribution >= 0.6 is 23.1 Å². The smallest absolute Gasteiger partial charge is 0.337 e. The SMILES string of the molecule is CCOC(=O)Cc1csc(SC(C)C(=O)NCc2ccc(C(=O)OC)cc2)n1. The number of rotatable bonds is 9. The first-order valence-electron chi connectivity index (χ1n) is 8.64. The van der Waals surface area contributed by atoms with Crippen molar-refractivity contribution in [1.29, 1.82) is 0 Å². The Kier molecular flexibility index (Phi) is 8.46. The fourth-order valence-corrected chi connectivity index (χ4v) is 4.20. The molecule has 0 saturated heterocycles. The summed E-state index contributed by atoms with van der Waals surface area (Å²) in [6.45, 7) is 4.26. The van der Waals surface area contributed by atoms with Gasteiger partial charge in [-0.05, 0) is 31.5 Å². The van der Waals surface area contributed by atoms with Crippen molar-refractivity contribution < 1.29 is 23.9 Å². The second kappa shape index (κ2) is 10.8. The minimum absolute atomic E-state index is 0.121. The Balaban J connectivity index is 1.82. The number of carbonyl (C=O) groups is 3. The predicted octanol–water partition coefficient (Wildman–Crippen LogP) is 2.83. The van der Waals surface area contributed by atoms with Crippen molar-refractivity contribution in [3.05, 3.63) is 46.5 Å². The summed E-state index contributed by atoms with van der Waals surface area (Å²) in [6, 6.07) is 6.86. The number of hydrogen-bond acceptors (Lipinski definition) is 8. The zero-order chi connectivity index (χ0) is 20.5. The molecule has 0 radical (unpaired) electrons. The molecule has 0 spiro atoms. The van der Waals surface area contributed by atoms with Gasteiger partial charge in [-0.1, -0.05) is 23.9 Å². The van der Waals surface area contributed by atoms with Crippen LogP contribution in [0.4, 0.5) is 0 Å². The number of methoxy groups -OCH3 is 1. The van der Waals surface area contributed by atoms with Gasteiger partial charge >= 0.3 is 11.9 Å². The fourth-order valence-electron chi connectivity index (χ4n) is 2.20. The van der Waals surface area contributed by atoms with Crippen LogP contribution in [-0.2, 0) is 32.0 Å². The van der Waals surface area contributed by atoms with Gasteiger partial charge in [0.15, 0.2) is 4.34 Å². The Bertz CT molecular complexity index is 820. The number of benzene rings is 1. The van der Waals surface area contributed by atoms with Crippen LogP contribution in [0.25, 0.3) is 0 Å². The van der Waals surface area contributed by atoms with Crippen molar-refractivity contribution >= 4 is 40.9 Å². The van der Waals surface area contributed by atoms with Crippen molar-refractivity contribution in [3.63, 3.8) is 0 Å². The molecule has 28 heavy (non-hydrogen) atoms. The first kappa shape index (κ1) is 21.9. The summed E-state index contributed by atoms with van der Waals surface area (Å²) in [5.74, 6) is -0.830. The number of ether oxygens (including phenoxy) is 2. The van der Waals surface area contributed by atoms with Crippen LogP contribution in [0.1, 0.15) is 35.5 Å². The van der Waals surface area contributed by atoms with E-state index in [0.29, 0.717) is 24.4 Å². The van der Waals surface area contributed by atoms with E-state index in [1.165, 1.54) is 30.2 Å². The van der Waals surface area contributed by atoms with E-state index in [9.17, 15) is 14.4 Å². The van der Waals surface area contributed by atoms with Gasteiger partial charge in [0, 0.05) is 11.9 Å². The number of amides is 1. The molecular formula is C19H22N2O5S2. The monoisotopic (exact) mass is 422 g/mol. The van der Waals surface area contributed by atoms with Gasteiger partial charge in [-0.25, -0.2) is 9.78 Å². The number of thiazole rings is 1. The van der Waals surface area contributed by atoms with Crippen LogP contribution in [0.2, 0.25) is 0 Å². The lowest BCUT2D eigenvalue weighted by atomic mass is 10.1. The maximum atomic E-state index is 12.3. The van der Waals surface area contributed by atoms with Crippen LogP contribution in [0.3, 0.4) is 0 Å². The number of esters is 2. The van der Waals surface area contributed by atoms with Crippen molar-refractivity contribution in [1.82, 2.24) is 10.3 Å². The minimum atomic E-state index is -0.397. The van der Waals surface area contributed by atoms with E-state index >= 15 is 0 Å². The number of nitrogens with one attached hydrogen (secondary N) is 1. The van der Waals surface area contributed by atoms with Gasteiger partial charge in [0.1, 0.15) is 0 Å². The molecule has 0 aliphatic heterocycles. The molecular weight excluding hydrogens is 400 g/mol. The molecule has 0 aliphatic carbocycles. The molecule has 0 bridgehead atoms. The molecule has 9 heteroatoms. The van der Waals surface area contributed by atoms with Crippen LogP contribution in [0.15, 0.2) is 34.0 Å². The Morgan fingerprint density at radius 1 is 1.25 bits per heavy atom. The van der Waals surface area contributed by atoms with Crippen molar-refractivity contribution in [2.45, 2.75) is 36.4 Å². The minimum Gasteiger partial charge on any atom is -0.466 e. The van der Waals surface area contributed by atoms with Gasteiger partial charge in [-0.2, -0.15) is 0 Å². The van der Waals surface area contributed by atoms with E-state index in [1.54, 1.807) is 43.5 Å². The molecule has 0 aliphatic rings. The number of carbonyl (C=O) groups excluding carboxylic acids is 3. The quantitative estimate of drug-likeness (QED) is 0.490.